The van der Waals surface area contributed by atoms with Gasteiger partial charge in [0.05, 0.1) is 18.3 Å². The van der Waals surface area contributed by atoms with Crippen molar-refractivity contribution in [1.82, 2.24) is 5.32 Å². The van der Waals surface area contributed by atoms with Crippen molar-refractivity contribution >= 4 is 17.7 Å². The molecule has 0 spiro atoms. The summed E-state index contributed by atoms with van der Waals surface area (Å²) in [6, 6.07) is 0. The fourth-order valence-corrected chi connectivity index (χ4v) is 0.870. The third kappa shape index (κ3) is 3.18. The van der Waals surface area contributed by atoms with Gasteiger partial charge in [-0.3, -0.25) is 0 Å². The summed E-state index contributed by atoms with van der Waals surface area (Å²) in [5.41, 5.74) is 2.35. The molecule has 0 amide bonds. The molecule has 0 saturated heterocycles. The van der Waals surface area contributed by atoms with Crippen molar-refractivity contribution in [3.63, 3.8) is 0 Å². The highest BCUT2D eigenvalue weighted by Crippen LogP contribution is 2.05. The Kier molecular flexibility index (Phi) is 5.47. The highest BCUT2D eigenvalue weighted by atomic mass is 32.1. The number of nitrogens with one attached hydrogen (secondary N) is 1. The maximum atomic E-state index is 5.07. The van der Waals surface area contributed by atoms with E-state index in [9.17, 15) is 0 Å². The molecule has 0 aliphatic rings. The molecule has 0 heterocycles. The molecule has 62 valence electrons. The molecule has 0 aliphatic carbocycles. The van der Waals surface area contributed by atoms with Crippen LogP contribution in [0, 0.1) is 0 Å². The van der Waals surface area contributed by atoms with Crippen molar-refractivity contribution in [2.24, 2.45) is 0 Å². The summed E-state index contributed by atoms with van der Waals surface area (Å²) in [6.45, 7) is 3.83. The molecular weight excluding hydrogens is 158 g/mol. The van der Waals surface area contributed by atoms with Crippen molar-refractivity contribution < 1.29 is 4.74 Å². The highest BCUT2D eigenvalue weighted by molar-refractivity contribution is 7.78. The van der Waals surface area contributed by atoms with Crippen LogP contribution >= 0.6 is 12.2 Å². The zero-order chi connectivity index (χ0) is 8.69. The maximum absolute atomic E-state index is 5.07. The van der Waals surface area contributed by atoms with Gasteiger partial charge in [0.15, 0.2) is 0 Å². The number of methoxy groups -OCH3 is 1. The molecule has 0 unspecified atom stereocenters. The zero-order valence-corrected chi connectivity index (χ0v) is 7.87. The molecule has 0 rings (SSSR count). The first kappa shape index (κ1) is 10.2. The van der Waals surface area contributed by atoms with E-state index in [0.717, 1.165) is 11.5 Å². The van der Waals surface area contributed by atoms with E-state index in [-0.39, 0.29) is 0 Å². The lowest BCUT2D eigenvalue weighted by Crippen LogP contribution is -2.11. The second kappa shape index (κ2) is 5.92. The second-order valence-electron chi connectivity index (χ2n) is 1.82. The van der Waals surface area contributed by atoms with Crippen LogP contribution in [0.3, 0.4) is 0 Å². The summed E-state index contributed by atoms with van der Waals surface area (Å²) in [4.78, 5) is 0. The molecule has 0 aromatic carbocycles. The molecule has 0 atom stereocenters. The average molecular weight is 171 g/mol. The molecule has 0 aromatic rings. The molecule has 2 nitrogen and oxygen atoms in total. The molecule has 0 aromatic heterocycles. The number of rotatable bonds is 4. The molecule has 3 heteroatoms. The molecule has 0 radical (unpaired) electrons. The van der Waals surface area contributed by atoms with Gasteiger partial charge in [0.1, 0.15) is 5.76 Å². The van der Waals surface area contributed by atoms with Crippen LogP contribution < -0.4 is 5.32 Å². The van der Waals surface area contributed by atoms with Gasteiger partial charge in [0.25, 0.3) is 0 Å². The predicted molar refractivity (Wildman–Crippen MR) is 51.3 cm³/mol. The van der Waals surface area contributed by atoms with Crippen LogP contribution in [-0.2, 0) is 4.74 Å². The standard InChI is InChI=1S/C8H13NOS/c1-4-7(9-6-11)8(5-2)10-3/h4-6H,1-3H3,(H,9,11)/b7-4+,8-5+. The van der Waals surface area contributed by atoms with E-state index in [2.05, 4.69) is 17.5 Å². The topological polar surface area (TPSA) is 21.3 Å². The van der Waals surface area contributed by atoms with Crippen molar-refractivity contribution in [3.05, 3.63) is 23.6 Å². The largest absolute Gasteiger partial charge is 0.495 e. The summed E-state index contributed by atoms with van der Waals surface area (Å²) >= 11 is 4.65. The lowest BCUT2D eigenvalue weighted by atomic mass is 10.3. The van der Waals surface area contributed by atoms with Crippen LogP contribution in [0.25, 0.3) is 0 Å². The van der Waals surface area contributed by atoms with E-state index < -0.39 is 0 Å². The predicted octanol–water partition coefficient (Wildman–Crippen LogP) is 1.99. The first-order valence-corrected chi connectivity index (χ1v) is 3.84. The first-order valence-electron chi connectivity index (χ1n) is 3.37. The fourth-order valence-electron chi connectivity index (χ4n) is 0.744. The van der Waals surface area contributed by atoms with Gasteiger partial charge < -0.3 is 10.1 Å². The SMILES string of the molecule is C/C=C(NC=S)\C(=C/C)OC. The minimum Gasteiger partial charge on any atom is -0.495 e. The number of thiocarbonyl (C=S) groups is 1. The Bertz CT molecular complexity index is 185. The summed E-state index contributed by atoms with van der Waals surface area (Å²) in [6.07, 6.45) is 3.78. The van der Waals surface area contributed by atoms with Crippen molar-refractivity contribution in [1.29, 1.82) is 0 Å². The summed E-state index contributed by atoms with van der Waals surface area (Å²) in [5, 5.41) is 2.89. The first-order chi connectivity index (χ1) is 5.29. The van der Waals surface area contributed by atoms with Gasteiger partial charge in [-0.2, -0.15) is 0 Å². The number of hydrogen-bond acceptors (Lipinski definition) is 2. The zero-order valence-electron chi connectivity index (χ0n) is 7.05. The summed E-state index contributed by atoms with van der Waals surface area (Å²) in [7, 11) is 1.63. The van der Waals surface area contributed by atoms with E-state index in [4.69, 9.17) is 4.74 Å². The van der Waals surface area contributed by atoms with Crippen molar-refractivity contribution in [2.45, 2.75) is 13.8 Å². The van der Waals surface area contributed by atoms with Crippen molar-refractivity contribution in [3.8, 4) is 0 Å². The quantitative estimate of drug-likeness (QED) is 0.397. The lowest BCUT2D eigenvalue weighted by molar-refractivity contribution is 0.297. The fraction of sp³-hybridized carbons (Fsp3) is 0.375. The van der Waals surface area contributed by atoms with Gasteiger partial charge in [-0.25, -0.2) is 0 Å². The normalized spacial score (nSPS) is 12.6. The third-order valence-corrected chi connectivity index (χ3v) is 1.37. The van der Waals surface area contributed by atoms with E-state index in [1.807, 2.05) is 26.0 Å². The maximum Gasteiger partial charge on any atom is 0.137 e. The summed E-state index contributed by atoms with van der Waals surface area (Å²) < 4.78 is 5.07. The Balaban J connectivity index is 4.36. The monoisotopic (exact) mass is 171 g/mol. The highest BCUT2D eigenvalue weighted by Gasteiger charge is 1.98. The smallest absolute Gasteiger partial charge is 0.137 e. The van der Waals surface area contributed by atoms with Gasteiger partial charge in [0, 0.05) is 0 Å². The van der Waals surface area contributed by atoms with Gasteiger partial charge >= 0.3 is 0 Å². The Morgan fingerprint density at radius 3 is 2.27 bits per heavy atom. The van der Waals surface area contributed by atoms with Gasteiger partial charge in [-0.1, -0.05) is 18.3 Å². The second-order valence-corrected chi connectivity index (χ2v) is 2.06. The van der Waals surface area contributed by atoms with E-state index >= 15 is 0 Å². The Hall–Kier alpha value is -0.830. The molecule has 0 fully saturated rings. The number of ether oxygens (including phenoxy) is 1. The Morgan fingerprint density at radius 2 is 2.00 bits per heavy atom. The molecule has 0 bridgehead atoms. The van der Waals surface area contributed by atoms with Crippen molar-refractivity contribution in [2.75, 3.05) is 7.11 Å². The summed E-state index contributed by atoms with van der Waals surface area (Å²) in [5.74, 6) is 0.800. The van der Waals surface area contributed by atoms with Crippen LogP contribution in [0.15, 0.2) is 23.6 Å². The lowest BCUT2D eigenvalue weighted by Gasteiger charge is -2.08. The van der Waals surface area contributed by atoms with Gasteiger partial charge in [0.2, 0.25) is 0 Å². The Labute approximate surface area is 72.9 Å². The number of hydrogen-bond donors (Lipinski definition) is 1. The molecule has 11 heavy (non-hydrogen) atoms. The minimum absolute atomic E-state index is 0.800. The molecule has 1 N–H and O–H groups in total. The van der Waals surface area contributed by atoms with Crippen LogP contribution in [-0.4, -0.2) is 12.6 Å². The van der Waals surface area contributed by atoms with Crippen LogP contribution in [0.4, 0.5) is 0 Å². The number of allylic oxidation sites excluding steroid dienone is 2. The molecular formula is C8H13NOS. The van der Waals surface area contributed by atoms with Gasteiger partial charge in [-0.05, 0) is 19.9 Å². The average Bonchev–Trinajstić information content (AvgIpc) is 2.05. The molecule has 0 aliphatic heterocycles. The minimum atomic E-state index is 0.800. The van der Waals surface area contributed by atoms with E-state index in [1.165, 1.54) is 5.49 Å². The van der Waals surface area contributed by atoms with Crippen LogP contribution in [0.1, 0.15) is 13.8 Å². The third-order valence-electron chi connectivity index (χ3n) is 1.25. The van der Waals surface area contributed by atoms with E-state index in [1.54, 1.807) is 7.11 Å². The van der Waals surface area contributed by atoms with Gasteiger partial charge in [-0.15, -0.1) is 0 Å². The van der Waals surface area contributed by atoms with Crippen LogP contribution in [0.5, 0.6) is 0 Å². The molecule has 0 saturated carbocycles. The van der Waals surface area contributed by atoms with Crippen LogP contribution in [0.2, 0.25) is 0 Å². The van der Waals surface area contributed by atoms with E-state index in [0.29, 0.717) is 0 Å². The Morgan fingerprint density at radius 1 is 1.36 bits per heavy atom.